The van der Waals surface area contributed by atoms with E-state index in [0.29, 0.717) is 0 Å². The summed E-state index contributed by atoms with van der Waals surface area (Å²) in [5.41, 5.74) is 1.84. The fourth-order valence-electron chi connectivity index (χ4n) is 1.13. The average molecular weight is 219 g/mol. The highest BCUT2D eigenvalue weighted by Gasteiger charge is 2.03. The summed E-state index contributed by atoms with van der Waals surface area (Å²) in [5.74, 6) is 2.49. The Morgan fingerprint density at radius 2 is 2.53 bits per heavy atom. The molecule has 1 heterocycles. The summed E-state index contributed by atoms with van der Waals surface area (Å²) in [6, 6.07) is 0. The average Bonchev–Trinajstić information content (AvgIpc) is 2.77. The summed E-state index contributed by atoms with van der Waals surface area (Å²) in [4.78, 5) is 4.15. The number of aliphatic hydroxyl groups excluding tert-OH is 1. The molecule has 1 aromatic heterocycles. The van der Waals surface area contributed by atoms with E-state index in [2.05, 4.69) is 10.9 Å². The molecule has 0 fully saturated rings. The Morgan fingerprint density at radius 3 is 3.00 bits per heavy atom. The molecule has 0 aliphatic heterocycles. The molecular formula is C12H13NOS. The predicted octanol–water partition coefficient (Wildman–Crippen LogP) is 2.49. The first-order valence-corrected chi connectivity index (χ1v) is 5.56. The maximum absolute atomic E-state index is 9.23. The Bertz CT molecular complexity index is 396. The van der Waals surface area contributed by atoms with Crippen molar-refractivity contribution in [1.82, 2.24) is 4.98 Å². The predicted molar refractivity (Wildman–Crippen MR) is 64.4 cm³/mol. The molecule has 0 radical (unpaired) electrons. The van der Waals surface area contributed by atoms with Crippen LogP contribution in [0.2, 0.25) is 0 Å². The van der Waals surface area contributed by atoms with E-state index in [9.17, 15) is 5.11 Å². The molecule has 1 rings (SSSR count). The van der Waals surface area contributed by atoms with Crippen LogP contribution in [0.1, 0.15) is 18.4 Å². The quantitative estimate of drug-likeness (QED) is 0.623. The highest BCUT2D eigenvalue weighted by Crippen LogP contribution is 2.19. The van der Waals surface area contributed by atoms with Gasteiger partial charge in [-0.25, -0.2) is 4.98 Å². The van der Waals surface area contributed by atoms with Gasteiger partial charge in [-0.2, -0.15) is 0 Å². The Balaban J connectivity index is 2.97. The van der Waals surface area contributed by atoms with Gasteiger partial charge in [-0.3, -0.25) is 0 Å². The first-order chi connectivity index (χ1) is 7.31. The summed E-state index contributed by atoms with van der Waals surface area (Å²) in [6.45, 7) is 2.01. The van der Waals surface area contributed by atoms with Gasteiger partial charge in [-0.15, -0.1) is 17.8 Å². The second-order valence-electron chi connectivity index (χ2n) is 2.90. The van der Waals surface area contributed by atoms with Crippen LogP contribution < -0.4 is 0 Å². The summed E-state index contributed by atoms with van der Waals surface area (Å²) in [5, 5.41) is 12.0. The SMILES string of the molecule is C#C/C=C(\C=C(/CO)c1nccs1)CC. The molecule has 1 N–H and O–H groups in total. The summed E-state index contributed by atoms with van der Waals surface area (Å²) in [7, 11) is 0. The molecule has 0 saturated heterocycles. The van der Waals surface area contributed by atoms with Gasteiger partial charge in [0.05, 0.1) is 6.61 Å². The Kier molecular flexibility index (Phi) is 4.82. The van der Waals surface area contributed by atoms with E-state index in [0.717, 1.165) is 22.6 Å². The van der Waals surface area contributed by atoms with Crippen molar-refractivity contribution in [2.45, 2.75) is 13.3 Å². The van der Waals surface area contributed by atoms with Crippen molar-refractivity contribution in [2.75, 3.05) is 6.61 Å². The lowest BCUT2D eigenvalue weighted by atomic mass is 10.1. The number of hydrogen-bond acceptors (Lipinski definition) is 3. The van der Waals surface area contributed by atoms with Crippen LogP contribution in [0, 0.1) is 12.3 Å². The number of allylic oxidation sites excluding steroid dienone is 3. The first-order valence-electron chi connectivity index (χ1n) is 4.68. The van der Waals surface area contributed by atoms with E-state index in [-0.39, 0.29) is 6.61 Å². The van der Waals surface area contributed by atoms with Crippen molar-refractivity contribution < 1.29 is 5.11 Å². The lowest BCUT2D eigenvalue weighted by Crippen LogP contribution is -1.90. The molecule has 0 aliphatic rings. The Morgan fingerprint density at radius 1 is 1.73 bits per heavy atom. The zero-order valence-corrected chi connectivity index (χ0v) is 9.42. The van der Waals surface area contributed by atoms with Gasteiger partial charge >= 0.3 is 0 Å². The van der Waals surface area contributed by atoms with Gasteiger partial charge in [0.2, 0.25) is 0 Å². The maximum Gasteiger partial charge on any atom is 0.121 e. The monoisotopic (exact) mass is 219 g/mol. The van der Waals surface area contributed by atoms with Crippen molar-refractivity contribution >= 4 is 16.9 Å². The third-order valence-electron chi connectivity index (χ3n) is 1.91. The Labute approximate surface area is 94.0 Å². The van der Waals surface area contributed by atoms with Crippen molar-refractivity contribution in [2.24, 2.45) is 0 Å². The number of aliphatic hydroxyl groups is 1. The highest BCUT2D eigenvalue weighted by molar-refractivity contribution is 7.10. The maximum atomic E-state index is 9.23. The van der Waals surface area contributed by atoms with E-state index in [1.165, 1.54) is 11.3 Å². The van der Waals surface area contributed by atoms with Gasteiger partial charge < -0.3 is 5.11 Å². The van der Waals surface area contributed by atoms with Crippen LogP contribution in [0.25, 0.3) is 5.57 Å². The van der Waals surface area contributed by atoms with Crippen LogP contribution in [0.5, 0.6) is 0 Å². The minimum absolute atomic E-state index is 0.0184. The van der Waals surface area contributed by atoms with Crippen LogP contribution in [-0.2, 0) is 0 Å². The lowest BCUT2D eigenvalue weighted by molar-refractivity contribution is 0.350. The number of thiazole rings is 1. The second-order valence-corrected chi connectivity index (χ2v) is 3.80. The van der Waals surface area contributed by atoms with Crippen molar-refractivity contribution in [3.63, 3.8) is 0 Å². The van der Waals surface area contributed by atoms with E-state index < -0.39 is 0 Å². The summed E-state index contributed by atoms with van der Waals surface area (Å²) in [6.07, 6.45) is 11.4. The second kappa shape index (κ2) is 6.18. The molecule has 0 amide bonds. The zero-order chi connectivity index (χ0) is 11.1. The lowest BCUT2D eigenvalue weighted by Gasteiger charge is -2.01. The fraction of sp³-hybridized carbons (Fsp3) is 0.250. The number of terminal acetylenes is 1. The van der Waals surface area contributed by atoms with Gasteiger partial charge in [-0.1, -0.05) is 12.8 Å². The fourth-order valence-corrected chi connectivity index (χ4v) is 1.78. The van der Waals surface area contributed by atoms with E-state index in [1.807, 2.05) is 18.4 Å². The Hall–Kier alpha value is -1.37. The van der Waals surface area contributed by atoms with Crippen molar-refractivity contribution in [3.8, 4) is 12.3 Å². The molecule has 3 heteroatoms. The highest BCUT2D eigenvalue weighted by atomic mass is 32.1. The molecule has 78 valence electrons. The minimum atomic E-state index is -0.0184. The third kappa shape index (κ3) is 3.35. The molecule has 15 heavy (non-hydrogen) atoms. The smallest absolute Gasteiger partial charge is 0.121 e. The normalized spacial score (nSPS) is 12.6. The topological polar surface area (TPSA) is 33.1 Å². The molecule has 0 aromatic carbocycles. The number of hydrogen-bond donors (Lipinski definition) is 1. The number of nitrogens with zero attached hydrogens (tertiary/aromatic N) is 1. The van der Waals surface area contributed by atoms with Gasteiger partial charge in [0.25, 0.3) is 0 Å². The van der Waals surface area contributed by atoms with Crippen molar-refractivity contribution in [1.29, 1.82) is 0 Å². The van der Waals surface area contributed by atoms with E-state index >= 15 is 0 Å². The van der Waals surface area contributed by atoms with Crippen LogP contribution >= 0.6 is 11.3 Å². The first kappa shape index (κ1) is 11.7. The van der Waals surface area contributed by atoms with Gasteiger partial charge in [0.1, 0.15) is 5.01 Å². The molecule has 0 saturated carbocycles. The van der Waals surface area contributed by atoms with Crippen LogP contribution in [0.4, 0.5) is 0 Å². The number of rotatable bonds is 4. The van der Waals surface area contributed by atoms with Crippen LogP contribution in [0.3, 0.4) is 0 Å². The minimum Gasteiger partial charge on any atom is -0.392 e. The standard InChI is InChI=1S/C12H13NOS/c1-3-5-10(4-2)8-11(9-14)12-13-6-7-15-12/h1,5-8,14H,4,9H2,2H3/b10-5-,11-8+. The van der Waals surface area contributed by atoms with Gasteiger partial charge in [0, 0.05) is 17.2 Å². The molecule has 1 aromatic rings. The molecular weight excluding hydrogens is 206 g/mol. The zero-order valence-electron chi connectivity index (χ0n) is 8.60. The van der Waals surface area contributed by atoms with Crippen molar-refractivity contribution in [3.05, 3.63) is 34.3 Å². The molecule has 0 unspecified atom stereocenters. The molecule has 0 atom stereocenters. The largest absolute Gasteiger partial charge is 0.392 e. The molecule has 2 nitrogen and oxygen atoms in total. The molecule has 0 spiro atoms. The van der Waals surface area contributed by atoms with E-state index in [4.69, 9.17) is 6.42 Å². The van der Waals surface area contributed by atoms with Crippen LogP contribution in [0.15, 0.2) is 29.3 Å². The van der Waals surface area contributed by atoms with Crippen LogP contribution in [-0.4, -0.2) is 16.7 Å². The number of aromatic nitrogens is 1. The van der Waals surface area contributed by atoms with Gasteiger partial charge in [-0.05, 0) is 24.1 Å². The molecule has 0 aliphatic carbocycles. The third-order valence-corrected chi connectivity index (χ3v) is 2.76. The van der Waals surface area contributed by atoms with Gasteiger partial charge in [0.15, 0.2) is 0 Å². The summed E-state index contributed by atoms with van der Waals surface area (Å²) >= 11 is 1.51. The van der Waals surface area contributed by atoms with E-state index in [1.54, 1.807) is 12.3 Å². The summed E-state index contributed by atoms with van der Waals surface area (Å²) < 4.78 is 0. The molecule has 0 bridgehead atoms.